The van der Waals surface area contributed by atoms with Crippen molar-refractivity contribution in [1.29, 1.82) is 0 Å². The first-order chi connectivity index (χ1) is 10.9. The summed E-state index contributed by atoms with van der Waals surface area (Å²) in [6.45, 7) is 0.982. The predicted molar refractivity (Wildman–Crippen MR) is 85.4 cm³/mol. The molecule has 0 radical (unpaired) electrons. The molecule has 4 rings (SSSR count). The fourth-order valence-corrected chi connectivity index (χ4v) is 2.44. The molecule has 5 nitrogen and oxygen atoms in total. The zero-order valence-corrected chi connectivity index (χ0v) is 11.9. The third-order valence-electron chi connectivity index (χ3n) is 3.56. The maximum absolute atomic E-state index is 5.71. The van der Waals surface area contributed by atoms with Gasteiger partial charge in [-0.1, -0.05) is 0 Å². The minimum absolute atomic E-state index is 0.488. The number of H-pyrrole nitrogens is 2. The molecule has 2 N–H and O–H groups in total. The maximum Gasteiger partial charge on any atom is 0.122 e. The molecule has 0 fully saturated rings. The lowest BCUT2D eigenvalue weighted by Gasteiger charge is -2.08. The van der Waals surface area contributed by atoms with Crippen LogP contribution in [0.4, 0.5) is 0 Å². The molecule has 0 spiro atoms. The Kier molecular flexibility index (Phi) is 3.16. The number of aromatic nitrogens is 3. The summed E-state index contributed by atoms with van der Waals surface area (Å²) in [7, 11) is 0. The molecule has 110 valence electrons. The van der Waals surface area contributed by atoms with Gasteiger partial charge in [-0.15, -0.1) is 0 Å². The summed E-state index contributed by atoms with van der Waals surface area (Å²) in [6.07, 6.45) is 3.71. The van der Waals surface area contributed by atoms with Gasteiger partial charge in [0.2, 0.25) is 0 Å². The highest BCUT2D eigenvalue weighted by atomic mass is 16.5. The number of nitrogens with one attached hydrogen (secondary N) is 2. The fraction of sp³-hybridized carbons (Fsp3) is 0.118. The molecule has 0 aliphatic rings. The van der Waals surface area contributed by atoms with Crippen LogP contribution in [-0.4, -0.2) is 28.4 Å². The molecule has 0 aliphatic carbocycles. The van der Waals surface area contributed by atoms with Gasteiger partial charge in [-0.2, -0.15) is 5.10 Å². The molecule has 0 aliphatic heterocycles. The van der Waals surface area contributed by atoms with Crippen LogP contribution in [0.15, 0.2) is 54.9 Å². The average Bonchev–Trinajstić information content (AvgIpc) is 3.19. The van der Waals surface area contributed by atoms with Gasteiger partial charge in [-0.05, 0) is 35.7 Å². The van der Waals surface area contributed by atoms with Crippen LogP contribution in [0.3, 0.4) is 0 Å². The molecule has 0 atom stereocenters. The summed E-state index contributed by atoms with van der Waals surface area (Å²) in [4.78, 5) is 3.17. The van der Waals surface area contributed by atoms with E-state index in [9.17, 15) is 0 Å². The van der Waals surface area contributed by atoms with E-state index in [1.165, 1.54) is 5.39 Å². The van der Waals surface area contributed by atoms with E-state index in [-0.39, 0.29) is 0 Å². The van der Waals surface area contributed by atoms with Gasteiger partial charge >= 0.3 is 0 Å². The van der Waals surface area contributed by atoms with Crippen LogP contribution >= 0.6 is 0 Å². The monoisotopic (exact) mass is 293 g/mol. The number of fused-ring (bicyclic) bond motifs is 2. The zero-order chi connectivity index (χ0) is 14.8. The summed E-state index contributed by atoms with van der Waals surface area (Å²) < 4.78 is 11.4. The summed E-state index contributed by atoms with van der Waals surface area (Å²) >= 11 is 0. The van der Waals surface area contributed by atoms with Gasteiger partial charge < -0.3 is 14.5 Å². The number of rotatable bonds is 5. The lowest BCUT2D eigenvalue weighted by Crippen LogP contribution is -2.08. The van der Waals surface area contributed by atoms with Crippen molar-refractivity contribution in [3.05, 3.63) is 54.9 Å². The largest absolute Gasteiger partial charge is 0.490 e. The summed E-state index contributed by atoms with van der Waals surface area (Å²) in [5.41, 5.74) is 2.04. The lowest BCUT2D eigenvalue weighted by molar-refractivity contribution is 0.217. The number of hydrogen-bond donors (Lipinski definition) is 2. The van der Waals surface area contributed by atoms with Crippen molar-refractivity contribution >= 4 is 21.8 Å². The van der Waals surface area contributed by atoms with E-state index in [2.05, 4.69) is 15.2 Å². The van der Waals surface area contributed by atoms with Gasteiger partial charge in [-0.25, -0.2) is 0 Å². The highest BCUT2D eigenvalue weighted by molar-refractivity contribution is 5.80. The second-order valence-corrected chi connectivity index (χ2v) is 5.04. The summed E-state index contributed by atoms with van der Waals surface area (Å²) in [5, 5.41) is 9.17. The standard InChI is InChI=1S/C17H15N3O2/c1-3-14(9-16-12(1)5-6-18-16)21-7-8-22-15-4-2-13-11-19-20-17(13)10-15/h1-6,9-11,18H,7-8H2,(H,19,20). The molecule has 4 aromatic rings. The van der Waals surface area contributed by atoms with Gasteiger partial charge in [-0.3, -0.25) is 5.10 Å². The first-order valence-electron chi connectivity index (χ1n) is 7.14. The quantitative estimate of drug-likeness (QED) is 0.554. The zero-order valence-electron chi connectivity index (χ0n) is 11.9. The van der Waals surface area contributed by atoms with Crippen LogP contribution in [0.2, 0.25) is 0 Å². The van der Waals surface area contributed by atoms with Gasteiger partial charge in [0.15, 0.2) is 0 Å². The summed E-state index contributed by atoms with van der Waals surface area (Å²) in [5.74, 6) is 1.64. The smallest absolute Gasteiger partial charge is 0.122 e. The van der Waals surface area contributed by atoms with Gasteiger partial charge in [0.05, 0.1) is 11.7 Å². The Balaban J connectivity index is 1.34. The average molecular weight is 293 g/mol. The number of aromatic amines is 2. The highest BCUT2D eigenvalue weighted by Crippen LogP contribution is 2.20. The van der Waals surface area contributed by atoms with E-state index in [1.54, 1.807) is 6.20 Å². The molecule has 2 heterocycles. The van der Waals surface area contributed by atoms with E-state index in [0.29, 0.717) is 13.2 Å². The number of benzene rings is 2. The van der Waals surface area contributed by atoms with Crippen LogP contribution in [0.25, 0.3) is 21.8 Å². The molecule has 0 unspecified atom stereocenters. The number of nitrogens with zero attached hydrogens (tertiary/aromatic N) is 1. The maximum atomic E-state index is 5.71. The Morgan fingerprint density at radius 2 is 1.55 bits per heavy atom. The van der Waals surface area contributed by atoms with Crippen LogP contribution < -0.4 is 9.47 Å². The predicted octanol–water partition coefficient (Wildman–Crippen LogP) is 3.50. The molecule has 5 heteroatoms. The van der Waals surface area contributed by atoms with E-state index in [1.807, 2.05) is 48.7 Å². The lowest BCUT2D eigenvalue weighted by atomic mass is 10.2. The Hall–Kier alpha value is -2.95. The van der Waals surface area contributed by atoms with Gasteiger partial charge in [0.1, 0.15) is 24.7 Å². The third-order valence-corrected chi connectivity index (χ3v) is 3.56. The molecule has 2 aromatic carbocycles. The molecule has 22 heavy (non-hydrogen) atoms. The Labute approximate surface area is 126 Å². The van der Waals surface area contributed by atoms with Crippen molar-refractivity contribution < 1.29 is 9.47 Å². The molecular formula is C17H15N3O2. The van der Waals surface area contributed by atoms with Crippen molar-refractivity contribution in [2.24, 2.45) is 0 Å². The van der Waals surface area contributed by atoms with Crippen LogP contribution in [-0.2, 0) is 0 Å². The third kappa shape index (κ3) is 2.48. The van der Waals surface area contributed by atoms with E-state index in [0.717, 1.165) is 27.9 Å². The minimum Gasteiger partial charge on any atom is -0.490 e. The molecule has 0 bridgehead atoms. The van der Waals surface area contributed by atoms with E-state index >= 15 is 0 Å². The summed E-state index contributed by atoms with van der Waals surface area (Å²) in [6, 6.07) is 13.9. The first-order valence-corrected chi connectivity index (χ1v) is 7.14. The SMILES string of the molecule is c1cc2ccc(OCCOc3ccc4cn[nH]c4c3)cc2[nH]1. The van der Waals surface area contributed by atoms with Crippen molar-refractivity contribution in [2.45, 2.75) is 0 Å². The normalized spacial score (nSPS) is 11.1. The van der Waals surface area contributed by atoms with E-state index in [4.69, 9.17) is 9.47 Å². The van der Waals surface area contributed by atoms with Crippen molar-refractivity contribution in [3.8, 4) is 11.5 Å². The number of ether oxygens (including phenoxy) is 2. The van der Waals surface area contributed by atoms with Gasteiger partial charge in [0, 0.05) is 29.2 Å². The Morgan fingerprint density at radius 3 is 2.36 bits per heavy atom. The first kappa shape index (κ1) is 12.8. The molecule has 0 saturated carbocycles. The molecule has 2 aromatic heterocycles. The van der Waals surface area contributed by atoms with E-state index < -0.39 is 0 Å². The van der Waals surface area contributed by atoms with Crippen molar-refractivity contribution in [3.63, 3.8) is 0 Å². The Bertz CT molecular complexity index is 834. The Morgan fingerprint density at radius 1 is 0.818 bits per heavy atom. The second kappa shape index (κ2) is 5.44. The van der Waals surface area contributed by atoms with Crippen LogP contribution in [0, 0.1) is 0 Å². The number of hydrogen-bond acceptors (Lipinski definition) is 3. The molecule has 0 amide bonds. The molecular weight excluding hydrogens is 278 g/mol. The van der Waals surface area contributed by atoms with Crippen molar-refractivity contribution in [1.82, 2.24) is 15.2 Å². The van der Waals surface area contributed by atoms with Gasteiger partial charge in [0.25, 0.3) is 0 Å². The topological polar surface area (TPSA) is 62.9 Å². The van der Waals surface area contributed by atoms with Crippen LogP contribution in [0.5, 0.6) is 11.5 Å². The highest BCUT2D eigenvalue weighted by Gasteiger charge is 2.01. The van der Waals surface area contributed by atoms with Crippen molar-refractivity contribution in [2.75, 3.05) is 13.2 Å². The fourth-order valence-electron chi connectivity index (χ4n) is 2.44. The molecule has 0 saturated heterocycles. The van der Waals surface area contributed by atoms with Crippen LogP contribution in [0.1, 0.15) is 0 Å². The second-order valence-electron chi connectivity index (χ2n) is 5.04. The minimum atomic E-state index is 0.488.